The van der Waals surface area contributed by atoms with Crippen LogP contribution in [-0.4, -0.2) is 33.2 Å². The Morgan fingerprint density at radius 2 is 1.63 bits per heavy atom. The van der Waals surface area contributed by atoms with Gasteiger partial charge in [0.05, 0.1) is 18.8 Å². The molecule has 1 aromatic heterocycles. The highest BCUT2D eigenvalue weighted by Gasteiger charge is 2.23. The molecule has 0 fully saturated rings. The van der Waals surface area contributed by atoms with Gasteiger partial charge in [0.25, 0.3) is 5.91 Å². The zero-order chi connectivity index (χ0) is 20.9. The van der Waals surface area contributed by atoms with Gasteiger partial charge < -0.3 is 15.5 Å². The molecule has 0 saturated heterocycles. The lowest BCUT2D eigenvalue weighted by molar-refractivity contribution is 0.0944. The van der Waals surface area contributed by atoms with Gasteiger partial charge >= 0.3 is 6.03 Å². The average molecular weight is 407 g/mol. The fourth-order valence-corrected chi connectivity index (χ4v) is 3.31. The zero-order valence-corrected chi connectivity index (χ0v) is 16.3. The molecule has 0 radical (unpaired) electrons. The third-order valence-electron chi connectivity index (χ3n) is 4.97. The highest BCUT2D eigenvalue weighted by Crippen LogP contribution is 2.14. The minimum Gasteiger partial charge on any atom is -0.347 e. The molecule has 0 atom stereocenters. The quantitative estimate of drug-likeness (QED) is 0.683. The predicted molar refractivity (Wildman–Crippen MR) is 109 cm³/mol. The van der Waals surface area contributed by atoms with Gasteiger partial charge in [-0.2, -0.15) is 5.10 Å². The number of benzene rings is 2. The lowest BCUT2D eigenvalue weighted by atomic mass is 10.2. The number of hydrogen-bond acceptors (Lipinski definition) is 3. The smallest absolute Gasteiger partial charge is 0.318 e. The van der Waals surface area contributed by atoms with Gasteiger partial charge in [0.2, 0.25) is 0 Å². The van der Waals surface area contributed by atoms with Gasteiger partial charge in [-0.1, -0.05) is 42.5 Å². The molecule has 0 aliphatic carbocycles. The van der Waals surface area contributed by atoms with Crippen molar-refractivity contribution >= 4 is 11.9 Å². The molecular weight excluding hydrogens is 385 g/mol. The van der Waals surface area contributed by atoms with E-state index in [1.165, 1.54) is 12.1 Å². The van der Waals surface area contributed by atoms with E-state index in [0.29, 0.717) is 38.4 Å². The summed E-state index contributed by atoms with van der Waals surface area (Å²) in [7, 11) is 0. The van der Waals surface area contributed by atoms with Gasteiger partial charge in [0, 0.05) is 19.6 Å². The van der Waals surface area contributed by atoms with E-state index >= 15 is 0 Å². The number of halogens is 1. The number of rotatable bonds is 5. The van der Waals surface area contributed by atoms with Crippen LogP contribution < -0.4 is 10.6 Å². The second kappa shape index (κ2) is 8.77. The molecule has 1 aliphatic rings. The number of urea groups is 1. The van der Waals surface area contributed by atoms with Gasteiger partial charge in [-0.15, -0.1) is 0 Å². The van der Waals surface area contributed by atoms with Crippen LogP contribution >= 0.6 is 0 Å². The van der Waals surface area contributed by atoms with Crippen LogP contribution in [0.2, 0.25) is 0 Å². The van der Waals surface area contributed by atoms with E-state index in [9.17, 15) is 14.0 Å². The lowest BCUT2D eigenvalue weighted by Crippen LogP contribution is -2.43. The summed E-state index contributed by atoms with van der Waals surface area (Å²) in [6, 6.07) is 17.2. The molecule has 2 aromatic carbocycles. The van der Waals surface area contributed by atoms with Gasteiger partial charge in [0.1, 0.15) is 5.82 Å². The number of nitrogens with one attached hydrogen (secondary N) is 2. The minimum absolute atomic E-state index is 0.207. The van der Waals surface area contributed by atoms with E-state index in [-0.39, 0.29) is 17.8 Å². The first-order chi connectivity index (χ1) is 14.6. The van der Waals surface area contributed by atoms with Crippen LogP contribution in [0.15, 0.2) is 60.7 Å². The number of carbonyl (C=O) groups is 2. The van der Waals surface area contributed by atoms with Gasteiger partial charge in [-0.3, -0.25) is 9.48 Å². The standard InChI is InChI=1S/C22H22FN5O2/c23-18-8-6-17(7-9-18)14-25-22(30)27-10-11-28-19(15-27)12-20(26-28)21(29)24-13-16-4-2-1-3-5-16/h1-9,12H,10-11,13-15H2,(H,24,29)(H,25,30). The molecule has 8 heteroatoms. The Bertz CT molecular complexity index is 1030. The summed E-state index contributed by atoms with van der Waals surface area (Å²) in [6.07, 6.45) is 0. The molecule has 0 unspecified atom stereocenters. The molecule has 154 valence electrons. The predicted octanol–water partition coefficient (Wildman–Crippen LogP) is 2.68. The van der Waals surface area contributed by atoms with Crippen molar-refractivity contribution in [1.29, 1.82) is 0 Å². The van der Waals surface area contributed by atoms with Gasteiger partial charge in [0.15, 0.2) is 5.69 Å². The molecule has 0 spiro atoms. The monoisotopic (exact) mass is 407 g/mol. The Labute approximate surface area is 173 Å². The molecule has 2 heterocycles. The van der Waals surface area contributed by atoms with Crippen molar-refractivity contribution in [3.63, 3.8) is 0 Å². The SMILES string of the molecule is O=C(NCc1ccccc1)c1cc2n(n1)CCN(C(=O)NCc1ccc(F)cc1)C2. The summed E-state index contributed by atoms with van der Waals surface area (Å²) < 4.78 is 14.7. The molecule has 3 aromatic rings. The maximum atomic E-state index is 13.0. The van der Waals surface area contributed by atoms with Crippen LogP contribution in [0.4, 0.5) is 9.18 Å². The Hall–Kier alpha value is -3.68. The molecule has 30 heavy (non-hydrogen) atoms. The number of nitrogens with zero attached hydrogens (tertiary/aromatic N) is 3. The first kappa shape index (κ1) is 19.6. The Morgan fingerprint density at radius 1 is 0.933 bits per heavy atom. The van der Waals surface area contributed by atoms with Crippen LogP contribution in [0.3, 0.4) is 0 Å². The van der Waals surface area contributed by atoms with Crippen molar-refractivity contribution in [3.8, 4) is 0 Å². The first-order valence-corrected chi connectivity index (χ1v) is 9.74. The van der Waals surface area contributed by atoms with E-state index in [4.69, 9.17) is 0 Å². The summed E-state index contributed by atoms with van der Waals surface area (Å²) >= 11 is 0. The number of aromatic nitrogens is 2. The van der Waals surface area contributed by atoms with Gasteiger partial charge in [-0.05, 0) is 29.3 Å². The summed E-state index contributed by atoms with van der Waals surface area (Å²) in [5.41, 5.74) is 2.99. The van der Waals surface area contributed by atoms with Crippen molar-refractivity contribution in [2.75, 3.05) is 6.54 Å². The Kier molecular flexibility index (Phi) is 5.74. The highest BCUT2D eigenvalue weighted by molar-refractivity contribution is 5.92. The van der Waals surface area contributed by atoms with Crippen molar-refractivity contribution in [2.45, 2.75) is 26.2 Å². The summed E-state index contributed by atoms with van der Waals surface area (Å²) in [4.78, 5) is 26.6. The van der Waals surface area contributed by atoms with Crippen molar-refractivity contribution < 1.29 is 14.0 Å². The van der Waals surface area contributed by atoms with Crippen LogP contribution in [0.1, 0.15) is 27.3 Å². The zero-order valence-electron chi connectivity index (χ0n) is 16.3. The maximum Gasteiger partial charge on any atom is 0.318 e. The number of carbonyl (C=O) groups excluding carboxylic acids is 2. The van der Waals surface area contributed by atoms with E-state index in [1.54, 1.807) is 27.8 Å². The van der Waals surface area contributed by atoms with Crippen LogP contribution in [-0.2, 0) is 26.2 Å². The molecule has 2 N–H and O–H groups in total. The maximum absolute atomic E-state index is 13.0. The highest BCUT2D eigenvalue weighted by atomic mass is 19.1. The summed E-state index contributed by atoms with van der Waals surface area (Å²) in [6.45, 7) is 2.14. The van der Waals surface area contributed by atoms with E-state index in [1.807, 2.05) is 30.3 Å². The fourth-order valence-electron chi connectivity index (χ4n) is 3.31. The lowest BCUT2D eigenvalue weighted by Gasteiger charge is -2.27. The fraction of sp³-hybridized carbons (Fsp3) is 0.227. The topological polar surface area (TPSA) is 79.3 Å². The number of fused-ring (bicyclic) bond motifs is 1. The Morgan fingerprint density at radius 3 is 2.40 bits per heavy atom. The molecule has 0 saturated carbocycles. The van der Waals surface area contributed by atoms with E-state index in [0.717, 1.165) is 16.8 Å². The second-order valence-corrected chi connectivity index (χ2v) is 7.12. The van der Waals surface area contributed by atoms with E-state index < -0.39 is 0 Å². The average Bonchev–Trinajstić information content (AvgIpc) is 3.21. The van der Waals surface area contributed by atoms with Crippen LogP contribution in [0, 0.1) is 5.82 Å². The first-order valence-electron chi connectivity index (χ1n) is 9.74. The molecule has 1 aliphatic heterocycles. The van der Waals surface area contributed by atoms with Crippen LogP contribution in [0.25, 0.3) is 0 Å². The summed E-state index contributed by atoms with van der Waals surface area (Å²) in [5, 5.41) is 10.1. The second-order valence-electron chi connectivity index (χ2n) is 7.12. The normalized spacial score (nSPS) is 12.9. The van der Waals surface area contributed by atoms with Crippen molar-refractivity contribution in [3.05, 3.63) is 89.0 Å². The molecular formula is C22H22FN5O2. The number of hydrogen-bond donors (Lipinski definition) is 2. The molecule has 0 bridgehead atoms. The molecule has 4 rings (SSSR count). The Balaban J connectivity index is 1.32. The number of amides is 3. The van der Waals surface area contributed by atoms with Crippen molar-refractivity contribution in [2.24, 2.45) is 0 Å². The molecule has 3 amide bonds. The molecule has 7 nitrogen and oxygen atoms in total. The largest absolute Gasteiger partial charge is 0.347 e. The van der Waals surface area contributed by atoms with Gasteiger partial charge in [-0.25, -0.2) is 9.18 Å². The minimum atomic E-state index is -0.307. The third-order valence-corrected chi connectivity index (χ3v) is 4.97. The van der Waals surface area contributed by atoms with Crippen LogP contribution in [0.5, 0.6) is 0 Å². The van der Waals surface area contributed by atoms with E-state index in [2.05, 4.69) is 15.7 Å². The van der Waals surface area contributed by atoms with Crippen molar-refractivity contribution in [1.82, 2.24) is 25.3 Å². The summed E-state index contributed by atoms with van der Waals surface area (Å²) in [5.74, 6) is -0.550. The third kappa shape index (κ3) is 4.65.